The first kappa shape index (κ1) is 11.2. The van der Waals surface area contributed by atoms with Gasteiger partial charge in [0.05, 0.1) is 6.20 Å². The van der Waals surface area contributed by atoms with Crippen LogP contribution in [0, 0.1) is 0 Å². The molecule has 0 fully saturated rings. The molecule has 0 saturated heterocycles. The Bertz CT molecular complexity index is 274. The number of hydrogen-bond acceptors (Lipinski definition) is 4. The van der Waals surface area contributed by atoms with Gasteiger partial charge in [0, 0.05) is 24.7 Å². The minimum absolute atomic E-state index is 0.879. The van der Waals surface area contributed by atoms with Gasteiger partial charge in [-0.05, 0) is 6.54 Å². The van der Waals surface area contributed by atoms with E-state index in [1.165, 1.54) is 5.57 Å². The Morgan fingerprint density at radius 1 is 1.57 bits per heavy atom. The largest absolute Gasteiger partial charge is 0.313 e. The summed E-state index contributed by atoms with van der Waals surface area (Å²) in [5, 5.41) is 4.18. The summed E-state index contributed by atoms with van der Waals surface area (Å²) in [7, 11) is 0. The average molecular weight is 209 g/mol. The third-order valence-electron chi connectivity index (χ3n) is 1.59. The van der Waals surface area contributed by atoms with Crippen molar-refractivity contribution < 1.29 is 0 Å². The SMILES string of the molecule is C=C(CNCC)CSc1cnccn1. The van der Waals surface area contributed by atoms with Crippen LogP contribution in [0.3, 0.4) is 0 Å². The van der Waals surface area contributed by atoms with Gasteiger partial charge in [-0.2, -0.15) is 0 Å². The van der Waals surface area contributed by atoms with Gasteiger partial charge in [0.25, 0.3) is 0 Å². The smallest absolute Gasteiger partial charge is 0.115 e. The molecule has 4 heteroatoms. The Balaban J connectivity index is 2.24. The van der Waals surface area contributed by atoms with E-state index in [-0.39, 0.29) is 0 Å². The van der Waals surface area contributed by atoms with Crippen LogP contribution in [0.1, 0.15) is 6.92 Å². The molecule has 1 aromatic rings. The molecule has 3 nitrogen and oxygen atoms in total. The summed E-state index contributed by atoms with van der Waals surface area (Å²) in [4.78, 5) is 8.17. The lowest BCUT2D eigenvalue weighted by Gasteiger charge is -2.04. The van der Waals surface area contributed by atoms with Crippen LogP contribution >= 0.6 is 11.8 Å². The van der Waals surface area contributed by atoms with Gasteiger partial charge in [0.2, 0.25) is 0 Å². The van der Waals surface area contributed by atoms with Crippen molar-refractivity contribution >= 4 is 11.8 Å². The molecule has 0 spiro atoms. The van der Waals surface area contributed by atoms with E-state index in [9.17, 15) is 0 Å². The van der Waals surface area contributed by atoms with Gasteiger partial charge >= 0.3 is 0 Å². The fourth-order valence-electron chi connectivity index (χ4n) is 0.889. The van der Waals surface area contributed by atoms with Gasteiger partial charge in [-0.15, -0.1) is 11.8 Å². The van der Waals surface area contributed by atoms with E-state index in [2.05, 4.69) is 28.8 Å². The highest BCUT2D eigenvalue weighted by Crippen LogP contribution is 2.15. The second-order valence-electron chi connectivity index (χ2n) is 2.86. The maximum absolute atomic E-state index is 4.17. The molecule has 0 saturated carbocycles. The van der Waals surface area contributed by atoms with Crippen molar-refractivity contribution in [2.24, 2.45) is 0 Å². The van der Waals surface area contributed by atoms with Gasteiger partial charge in [-0.25, -0.2) is 4.98 Å². The molecule has 1 N–H and O–H groups in total. The summed E-state index contributed by atoms with van der Waals surface area (Å²) >= 11 is 1.67. The van der Waals surface area contributed by atoms with Crippen LogP contribution in [0.25, 0.3) is 0 Å². The standard InChI is InChI=1S/C10H15N3S/c1-3-11-6-9(2)8-14-10-7-12-4-5-13-10/h4-5,7,11H,2-3,6,8H2,1H3. The van der Waals surface area contributed by atoms with Crippen LogP contribution in [-0.4, -0.2) is 28.8 Å². The molecule has 0 radical (unpaired) electrons. The molecular formula is C10H15N3S. The lowest BCUT2D eigenvalue weighted by Crippen LogP contribution is -2.16. The minimum Gasteiger partial charge on any atom is -0.313 e. The normalized spacial score (nSPS) is 10.1. The molecule has 1 aromatic heterocycles. The van der Waals surface area contributed by atoms with Crippen molar-refractivity contribution in [1.29, 1.82) is 0 Å². The summed E-state index contributed by atoms with van der Waals surface area (Å²) in [6.07, 6.45) is 5.15. The Labute approximate surface area is 89.0 Å². The third kappa shape index (κ3) is 4.39. The zero-order chi connectivity index (χ0) is 10.2. The first-order valence-corrected chi connectivity index (χ1v) is 5.57. The third-order valence-corrected chi connectivity index (χ3v) is 2.65. The van der Waals surface area contributed by atoms with Gasteiger partial charge in [0.1, 0.15) is 5.03 Å². The topological polar surface area (TPSA) is 37.8 Å². The molecule has 76 valence electrons. The Kier molecular flexibility index (Phi) is 5.25. The second-order valence-corrected chi connectivity index (χ2v) is 3.86. The molecule has 0 aromatic carbocycles. The van der Waals surface area contributed by atoms with Gasteiger partial charge in [0.15, 0.2) is 0 Å². The number of nitrogens with zero attached hydrogens (tertiary/aromatic N) is 2. The van der Waals surface area contributed by atoms with E-state index in [0.29, 0.717) is 0 Å². The van der Waals surface area contributed by atoms with Crippen LogP contribution in [0.15, 0.2) is 35.8 Å². The Hall–Kier alpha value is -0.870. The van der Waals surface area contributed by atoms with E-state index in [0.717, 1.165) is 23.9 Å². The summed E-state index contributed by atoms with van der Waals surface area (Å²) in [6.45, 7) is 7.92. The van der Waals surface area contributed by atoms with Crippen molar-refractivity contribution in [3.05, 3.63) is 30.7 Å². The van der Waals surface area contributed by atoms with Gasteiger partial charge in [-0.3, -0.25) is 4.98 Å². The van der Waals surface area contributed by atoms with Crippen LogP contribution in [-0.2, 0) is 0 Å². The second kappa shape index (κ2) is 6.56. The average Bonchev–Trinajstić information content (AvgIpc) is 2.25. The molecule has 1 heterocycles. The number of nitrogens with one attached hydrogen (secondary N) is 1. The lowest BCUT2D eigenvalue weighted by molar-refractivity contribution is 0.779. The highest BCUT2D eigenvalue weighted by atomic mass is 32.2. The molecule has 0 amide bonds. The highest BCUT2D eigenvalue weighted by molar-refractivity contribution is 7.99. The summed E-state index contributed by atoms with van der Waals surface area (Å²) in [5.41, 5.74) is 1.18. The molecule has 0 aliphatic rings. The maximum atomic E-state index is 4.17. The van der Waals surface area contributed by atoms with Crippen molar-refractivity contribution in [3.63, 3.8) is 0 Å². The predicted molar refractivity (Wildman–Crippen MR) is 60.4 cm³/mol. The minimum atomic E-state index is 0.879. The fraction of sp³-hybridized carbons (Fsp3) is 0.400. The van der Waals surface area contributed by atoms with E-state index < -0.39 is 0 Å². The van der Waals surface area contributed by atoms with Gasteiger partial charge < -0.3 is 5.32 Å². The Morgan fingerprint density at radius 2 is 2.43 bits per heavy atom. The first-order chi connectivity index (χ1) is 6.83. The molecule has 1 rings (SSSR count). The molecule has 0 atom stereocenters. The zero-order valence-electron chi connectivity index (χ0n) is 8.36. The fourth-order valence-corrected chi connectivity index (χ4v) is 1.61. The number of hydrogen-bond donors (Lipinski definition) is 1. The molecule has 0 unspecified atom stereocenters. The van der Waals surface area contributed by atoms with E-state index in [1.807, 2.05) is 0 Å². The first-order valence-electron chi connectivity index (χ1n) is 4.59. The van der Waals surface area contributed by atoms with Crippen molar-refractivity contribution in [1.82, 2.24) is 15.3 Å². The van der Waals surface area contributed by atoms with Crippen molar-refractivity contribution in [3.8, 4) is 0 Å². The highest BCUT2D eigenvalue weighted by Gasteiger charge is 1.97. The quantitative estimate of drug-likeness (QED) is 0.572. The van der Waals surface area contributed by atoms with Crippen molar-refractivity contribution in [2.75, 3.05) is 18.8 Å². The number of rotatable bonds is 6. The number of thioether (sulfide) groups is 1. The van der Waals surface area contributed by atoms with E-state index >= 15 is 0 Å². The molecule has 0 bridgehead atoms. The molecule has 14 heavy (non-hydrogen) atoms. The van der Waals surface area contributed by atoms with Crippen LogP contribution in [0.5, 0.6) is 0 Å². The van der Waals surface area contributed by atoms with E-state index in [4.69, 9.17) is 0 Å². The van der Waals surface area contributed by atoms with Gasteiger partial charge in [-0.1, -0.05) is 19.1 Å². The summed E-state index contributed by atoms with van der Waals surface area (Å²) in [5.74, 6) is 0.895. The molecular weight excluding hydrogens is 194 g/mol. The maximum Gasteiger partial charge on any atom is 0.115 e. The van der Waals surface area contributed by atoms with Crippen molar-refractivity contribution in [2.45, 2.75) is 11.9 Å². The molecule has 0 aliphatic heterocycles. The summed E-state index contributed by atoms with van der Waals surface area (Å²) in [6, 6.07) is 0. The summed E-state index contributed by atoms with van der Waals surface area (Å²) < 4.78 is 0. The number of aromatic nitrogens is 2. The van der Waals surface area contributed by atoms with E-state index in [1.54, 1.807) is 30.4 Å². The van der Waals surface area contributed by atoms with Crippen LogP contribution in [0.4, 0.5) is 0 Å². The molecule has 0 aliphatic carbocycles. The lowest BCUT2D eigenvalue weighted by atomic mass is 10.3. The Morgan fingerprint density at radius 3 is 3.07 bits per heavy atom. The van der Waals surface area contributed by atoms with Crippen LogP contribution in [0.2, 0.25) is 0 Å². The predicted octanol–water partition coefficient (Wildman–Crippen LogP) is 1.73. The monoisotopic (exact) mass is 209 g/mol. The number of likely N-dealkylation sites (N-methyl/N-ethyl adjacent to an activating group) is 1. The van der Waals surface area contributed by atoms with Crippen LogP contribution < -0.4 is 5.32 Å². The zero-order valence-corrected chi connectivity index (χ0v) is 9.18.